The van der Waals surface area contributed by atoms with Crippen molar-refractivity contribution in [1.29, 1.82) is 0 Å². The molecule has 32 valence electrons. The minimum Gasteiger partial charge on any atom is -0.351 e. The molecule has 0 radical (unpaired) electrons. The Kier molecular flexibility index (Phi) is 8.01. The van der Waals surface area contributed by atoms with E-state index in [2.05, 4.69) is 0 Å². The molecule has 0 heterocycles. The molecular weight excluding hydrogens is 131 g/mol. The summed E-state index contributed by atoms with van der Waals surface area (Å²) in [4.78, 5) is 10.9. The first kappa shape index (κ1) is 9.43. The van der Waals surface area contributed by atoms with E-state index in [1.54, 1.807) is 14.1 Å². The summed E-state index contributed by atoms with van der Waals surface area (Å²) in [5.41, 5.74) is 0. The maximum Gasteiger partial charge on any atom is 0.209 e. The summed E-state index contributed by atoms with van der Waals surface area (Å²) < 4.78 is 0. The topological polar surface area (TPSA) is 20.3 Å². The van der Waals surface area contributed by atoms with E-state index >= 15 is 0 Å². The molecule has 0 fully saturated rings. The SMILES string of the molecule is CN(C)C=O.[Zn]. The Bertz CT molecular complexity index is 37.8. The van der Waals surface area contributed by atoms with Gasteiger partial charge in [-0.25, -0.2) is 0 Å². The smallest absolute Gasteiger partial charge is 0.209 e. The van der Waals surface area contributed by atoms with Crippen molar-refractivity contribution in [2.45, 2.75) is 0 Å². The molecule has 2 nitrogen and oxygen atoms in total. The van der Waals surface area contributed by atoms with E-state index in [4.69, 9.17) is 0 Å². The quantitative estimate of drug-likeness (QED) is 0.360. The average molecular weight is 138 g/mol. The fraction of sp³-hybridized carbons (Fsp3) is 0.667. The van der Waals surface area contributed by atoms with E-state index in [9.17, 15) is 4.79 Å². The normalized spacial score (nSPS) is 5.67. The van der Waals surface area contributed by atoms with Crippen molar-refractivity contribution in [1.82, 2.24) is 4.90 Å². The van der Waals surface area contributed by atoms with Crippen molar-refractivity contribution in [2.75, 3.05) is 14.1 Å². The van der Waals surface area contributed by atoms with Gasteiger partial charge >= 0.3 is 0 Å². The molecule has 0 spiro atoms. The Morgan fingerprint density at radius 2 is 1.67 bits per heavy atom. The fourth-order valence-corrected chi connectivity index (χ4v) is 0. The first-order valence-corrected chi connectivity index (χ1v) is 1.39. The van der Waals surface area contributed by atoms with Crippen LogP contribution in [0.4, 0.5) is 0 Å². The number of hydrogen-bond acceptors (Lipinski definition) is 1. The molecule has 6 heavy (non-hydrogen) atoms. The van der Waals surface area contributed by atoms with Gasteiger partial charge in [0.25, 0.3) is 0 Å². The Hall–Kier alpha value is 0.0934. The molecule has 0 aliphatic rings. The molecule has 0 aromatic carbocycles. The van der Waals surface area contributed by atoms with Gasteiger partial charge in [-0.15, -0.1) is 0 Å². The van der Waals surface area contributed by atoms with Gasteiger partial charge in [0.05, 0.1) is 0 Å². The summed E-state index contributed by atoms with van der Waals surface area (Å²) in [7, 11) is 3.38. The number of carbonyl (C=O) groups is 1. The van der Waals surface area contributed by atoms with Gasteiger partial charge in [-0.2, -0.15) is 0 Å². The second-order valence-corrected chi connectivity index (χ2v) is 1.07. The summed E-state index contributed by atoms with van der Waals surface area (Å²) in [6, 6.07) is 0. The van der Waals surface area contributed by atoms with Crippen molar-refractivity contribution >= 4 is 6.41 Å². The molecule has 0 unspecified atom stereocenters. The third-order valence-electron chi connectivity index (χ3n) is 0.211. The number of carbonyl (C=O) groups excluding carboxylic acids is 1. The number of hydrogen-bond donors (Lipinski definition) is 0. The van der Waals surface area contributed by atoms with E-state index in [-0.39, 0.29) is 19.5 Å². The van der Waals surface area contributed by atoms with Gasteiger partial charge in [0.1, 0.15) is 0 Å². The van der Waals surface area contributed by atoms with Gasteiger partial charge in [0, 0.05) is 33.6 Å². The maximum absolute atomic E-state index is 9.43. The van der Waals surface area contributed by atoms with Crippen molar-refractivity contribution in [3.05, 3.63) is 0 Å². The molecule has 0 saturated heterocycles. The van der Waals surface area contributed by atoms with E-state index < -0.39 is 0 Å². The van der Waals surface area contributed by atoms with E-state index in [0.29, 0.717) is 0 Å². The molecule has 0 atom stereocenters. The van der Waals surface area contributed by atoms with Crippen molar-refractivity contribution in [3.63, 3.8) is 0 Å². The second kappa shape index (κ2) is 5.09. The van der Waals surface area contributed by atoms with Crippen LogP contribution in [0.5, 0.6) is 0 Å². The van der Waals surface area contributed by atoms with Crippen LogP contribution >= 0.6 is 0 Å². The van der Waals surface area contributed by atoms with Crippen LogP contribution in [-0.2, 0) is 24.3 Å². The van der Waals surface area contributed by atoms with E-state index in [0.717, 1.165) is 6.41 Å². The molecular formula is C3H7NOZn. The minimum absolute atomic E-state index is 0. The minimum atomic E-state index is 0. The zero-order valence-electron chi connectivity index (χ0n) is 4.14. The van der Waals surface area contributed by atoms with Gasteiger partial charge in [-0.05, 0) is 0 Å². The monoisotopic (exact) mass is 137 g/mol. The molecule has 3 heteroatoms. The average Bonchev–Trinajstić information content (AvgIpc) is 1.38. The number of amides is 1. The molecule has 0 saturated carbocycles. The molecule has 0 aromatic rings. The standard InChI is InChI=1S/C3H7NO.Zn/c1-4(2)3-5;/h3H,1-2H3;. The molecule has 0 bridgehead atoms. The number of nitrogens with zero attached hydrogens (tertiary/aromatic N) is 1. The summed E-state index contributed by atoms with van der Waals surface area (Å²) in [6.45, 7) is 0. The predicted octanol–water partition coefficient (Wildman–Crippen LogP) is -0.298. The second-order valence-electron chi connectivity index (χ2n) is 1.07. The Morgan fingerprint density at radius 3 is 1.67 bits per heavy atom. The number of rotatable bonds is 1. The van der Waals surface area contributed by atoms with Crippen LogP contribution in [0, 0.1) is 0 Å². The third kappa shape index (κ3) is 8.94. The largest absolute Gasteiger partial charge is 0.351 e. The fourth-order valence-electron chi connectivity index (χ4n) is 0. The molecule has 0 aromatic heterocycles. The van der Waals surface area contributed by atoms with Crippen LogP contribution < -0.4 is 0 Å². The Labute approximate surface area is 50.3 Å². The van der Waals surface area contributed by atoms with Gasteiger partial charge in [-0.3, -0.25) is 4.79 Å². The van der Waals surface area contributed by atoms with Crippen LogP contribution in [0.15, 0.2) is 0 Å². The van der Waals surface area contributed by atoms with E-state index in [1.165, 1.54) is 4.90 Å². The summed E-state index contributed by atoms with van der Waals surface area (Å²) >= 11 is 0. The van der Waals surface area contributed by atoms with Gasteiger partial charge in [0.15, 0.2) is 0 Å². The Balaban J connectivity index is 0. The summed E-state index contributed by atoms with van der Waals surface area (Å²) in [6.07, 6.45) is 0.750. The van der Waals surface area contributed by atoms with Gasteiger partial charge in [0.2, 0.25) is 6.41 Å². The van der Waals surface area contributed by atoms with Crippen molar-refractivity contribution < 1.29 is 24.3 Å². The van der Waals surface area contributed by atoms with Crippen LogP contribution in [0.2, 0.25) is 0 Å². The van der Waals surface area contributed by atoms with Crippen LogP contribution in [0.3, 0.4) is 0 Å². The van der Waals surface area contributed by atoms with E-state index in [1.807, 2.05) is 0 Å². The summed E-state index contributed by atoms with van der Waals surface area (Å²) in [5, 5.41) is 0. The van der Waals surface area contributed by atoms with Crippen molar-refractivity contribution in [3.8, 4) is 0 Å². The van der Waals surface area contributed by atoms with Crippen LogP contribution in [0.1, 0.15) is 0 Å². The third-order valence-corrected chi connectivity index (χ3v) is 0.211. The molecule has 0 rings (SSSR count). The van der Waals surface area contributed by atoms with Crippen molar-refractivity contribution in [2.24, 2.45) is 0 Å². The predicted molar refractivity (Wildman–Crippen MR) is 19.8 cm³/mol. The Morgan fingerprint density at radius 1 is 1.50 bits per heavy atom. The molecule has 0 aliphatic carbocycles. The summed E-state index contributed by atoms with van der Waals surface area (Å²) in [5.74, 6) is 0. The first-order valence-electron chi connectivity index (χ1n) is 1.39. The molecule has 0 aliphatic heterocycles. The molecule has 0 N–H and O–H groups in total. The van der Waals surface area contributed by atoms with Gasteiger partial charge < -0.3 is 4.90 Å². The zero-order chi connectivity index (χ0) is 4.28. The molecule has 1 amide bonds. The zero-order valence-corrected chi connectivity index (χ0v) is 7.11. The first-order chi connectivity index (χ1) is 2.27. The maximum atomic E-state index is 9.43. The van der Waals surface area contributed by atoms with Crippen LogP contribution in [-0.4, -0.2) is 25.4 Å². The van der Waals surface area contributed by atoms with Gasteiger partial charge in [-0.1, -0.05) is 0 Å². The van der Waals surface area contributed by atoms with Crippen LogP contribution in [0.25, 0.3) is 0 Å².